The second-order valence-electron chi connectivity index (χ2n) is 7.04. The summed E-state index contributed by atoms with van der Waals surface area (Å²) in [6, 6.07) is 13.0. The fourth-order valence-corrected chi connectivity index (χ4v) is 3.46. The fourth-order valence-electron chi connectivity index (χ4n) is 3.46. The topological polar surface area (TPSA) is 83.6 Å². The molecule has 0 aliphatic carbocycles. The van der Waals surface area contributed by atoms with E-state index in [1.54, 1.807) is 19.2 Å². The summed E-state index contributed by atoms with van der Waals surface area (Å²) >= 11 is 0. The van der Waals surface area contributed by atoms with Gasteiger partial charge in [0, 0.05) is 25.8 Å². The molecule has 1 aliphatic rings. The minimum absolute atomic E-state index is 0.193. The van der Waals surface area contributed by atoms with Crippen LogP contribution in [0.2, 0.25) is 0 Å². The van der Waals surface area contributed by atoms with Crippen LogP contribution in [0.1, 0.15) is 25.3 Å². The summed E-state index contributed by atoms with van der Waals surface area (Å²) in [4.78, 5) is 31.4. The van der Waals surface area contributed by atoms with Gasteiger partial charge in [-0.1, -0.05) is 30.3 Å². The molecule has 1 aliphatic heterocycles. The molecule has 154 valence electrons. The van der Waals surface area contributed by atoms with Gasteiger partial charge in [0.25, 0.3) is 0 Å². The van der Waals surface area contributed by atoms with Gasteiger partial charge < -0.3 is 20.3 Å². The van der Waals surface area contributed by atoms with Crippen LogP contribution in [0.3, 0.4) is 0 Å². The molecule has 1 aromatic heterocycles. The van der Waals surface area contributed by atoms with Crippen LogP contribution in [0, 0.1) is 5.92 Å². The van der Waals surface area contributed by atoms with Gasteiger partial charge in [-0.05, 0) is 43.9 Å². The Balaban J connectivity index is 1.60. The molecule has 0 spiro atoms. The molecule has 1 fully saturated rings. The molecule has 7 heteroatoms. The summed E-state index contributed by atoms with van der Waals surface area (Å²) in [6.45, 7) is 4.16. The van der Waals surface area contributed by atoms with Gasteiger partial charge in [0.1, 0.15) is 0 Å². The van der Waals surface area contributed by atoms with Crippen LogP contribution in [0.4, 0.5) is 16.3 Å². The minimum atomic E-state index is -0.449. The van der Waals surface area contributed by atoms with Crippen molar-refractivity contribution >= 4 is 23.5 Å². The van der Waals surface area contributed by atoms with Crippen LogP contribution >= 0.6 is 0 Å². The lowest BCUT2D eigenvalue weighted by Gasteiger charge is -2.21. The maximum absolute atomic E-state index is 12.5. The van der Waals surface area contributed by atoms with Crippen molar-refractivity contribution in [3.05, 3.63) is 54.2 Å². The van der Waals surface area contributed by atoms with Crippen molar-refractivity contribution < 1.29 is 14.3 Å². The van der Waals surface area contributed by atoms with Crippen LogP contribution < -0.4 is 15.5 Å². The zero-order valence-electron chi connectivity index (χ0n) is 16.8. The molecule has 1 saturated heterocycles. The number of esters is 1. The zero-order valence-corrected chi connectivity index (χ0v) is 16.8. The lowest BCUT2D eigenvalue weighted by Crippen LogP contribution is -2.37. The number of ether oxygens (including phenoxy) is 1. The van der Waals surface area contributed by atoms with Gasteiger partial charge in [0.05, 0.1) is 18.2 Å². The van der Waals surface area contributed by atoms with E-state index in [9.17, 15) is 9.59 Å². The first-order chi connectivity index (χ1) is 14.2. The van der Waals surface area contributed by atoms with Crippen LogP contribution in [0.25, 0.3) is 0 Å². The van der Waals surface area contributed by atoms with Gasteiger partial charge in [0.2, 0.25) is 0 Å². The largest absolute Gasteiger partial charge is 0.466 e. The number of hydrogen-bond acceptors (Lipinski definition) is 5. The molecule has 0 saturated carbocycles. The molecule has 1 aromatic carbocycles. The van der Waals surface area contributed by atoms with Crippen molar-refractivity contribution in [2.45, 2.75) is 26.2 Å². The number of pyridine rings is 1. The SMILES string of the molecule is CCOC(=O)[C@H](CNC(=O)Nc1cccnc1N1CCCC1)Cc1ccccc1. The summed E-state index contributed by atoms with van der Waals surface area (Å²) in [5.41, 5.74) is 1.69. The van der Waals surface area contributed by atoms with E-state index in [0.29, 0.717) is 18.7 Å². The first-order valence-corrected chi connectivity index (χ1v) is 10.1. The number of rotatable bonds is 8. The lowest BCUT2D eigenvalue weighted by molar-refractivity contribution is -0.147. The third-order valence-corrected chi connectivity index (χ3v) is 4.89. The average Bonchev–Trinajstić information content (AvgIpc) is 3.27. The Kier molecular flexibility index (Phi) is 7.44. The predicted molar refractivity (Wildman–Crippen MR) is 113 cm³/mol. The predicted octanol–water partition coefficient (Wildman–Crippen LogP) is 3.23. The van der Waals surface area contributed by atoms with E-state index in [2.05, 4.69) is 20.5 Å². The monoisotopic (exact) mass is 396 g/mol. The summed E-state index contributed by atoms with van der Waals surface area (Å²) in [5, 5.41) is 5.68. The highest BCUT2D eigenvalue weighted by molar-refractivity contribution is 5.92. The van der Waals surface area contributed by atoms with Crippen molar-refractivity contribution in [3.63, 3.8) is 0 Å². The lowest BCUT2D eigenvalue weighted by atomic mass is 9.99. The van der Waals surface area contributed by atoms with E-state index in [0.717, 1.165) is 37.3 Å². The molecule has 2 aromatic rings. The fraction of sp³-hybridized carbons (Fsp3) is 0.409. The summed E-state index contributed by atoms with van der Waals surface area (Å²) in [7, 11) is 0. The van der Waals surface area contributed by atoms with Crippen LogP contribution in [-0.4, -0.2) is 43.2 Å². The summed E-state index contributed by atoms with van der Waals surface area (Å²) < 4.78 is 5.19. The molecule has 0 bridgehead atoms. The highest BCUT2D eigenvalue weighted by atomic mass is 16.5. The Hall–Kier alpha value is -3.09. The second-order valence-corrected chi connectivity index (χ2v) is 7.04. The van der Waals surface area contributed by atoms with Crippen molar-refractivity contribution in [3.8, 4) is 0 Å². The molecule has 0 unspecified atom stereocenters. The smallest absolute Gasteiger partial charge is 0.319 e. The number of carbonyl (C=O) groups is 2. The molecule has 1 atom stereocenters. The number of carbonyl (C=O) groups excluding carboxylic acids is 2. The molecule has 2 amide bonds. The third-order valence-electron chi connectivity index (χ3n) is 4.89. The number of anilines is 2. The van der Waals surface area contributed by atoms with E-state index >= 15 is 0 Å². The molecule has 0 radical (unpaired) electrons. The van der Waals surface area contributed by atoms with E-state index < -0.39 is 5.92 Å². The third kappa shape index (κ3) is 5.94. The molecule has 2 N–H and O–H groups in total. The van der Waals surface area contributed by atoms with Crippen molar-refractivity contribution in [2.24, 2.45) is 5.92 Å². The number of nitrogens with one attached hydrogen (secondary N) is 2. The molecule has 2 heterocycles. The van der Waals surface area contributed by atoms with E-state index in [1.807, 2.05) is 36.4 Å². The number of amides is 2. The molecular weight excluding hydrogens is 368 g/mol. The Morgan fingerprint density at radius 3 is 2.62 bits per heavy atom. The van der Waals surface area contributed by atoms with E-state index in [4.69, 9.17) is 4.74 Å². The van der Waals surface area contributed by atoms with Crippen LogP contribution in [-0.2, 0) is 16.0 Å². The minimum Gasteiger partial charge on any atom is -0.466 e. The Morgan fingerprint density at radius 1 is 1.14 bits per heavy atom. The van der Waals surface area contributed by atoms with Gasteiger partial charge in [-0.2, -0.15) is 0 Å². The first-order valence-electron chi connectivity index (χ1n) is 10.1. The standard InChI is InChI=1S/C22H28N4O3/c1-2-29-21(27)18(15-17-9-4-3-5-10-17)16-24-22(28)25-19-11-8-12-23-20(19)26-13-6-7-14-26/h3-5,8-12,18H,2,6-7,13-16H2,1H3,(H2,24,25,28)/t18-/m0/s1. The van der Waals surface area contributed by atoms with Gasteiger partial charge >= 0.3 is 12.0 Å². The number of hydrogen-bond donors (Lipinski definition) is 2. The highest BCUT2D eigenvalue weighted by Gasteiger charge is 2.22. The Labute approximate surface area is 171 Å². The molecule has 7 nitrogen and oxygen atoms in total. The van der Waals surface area contributed by atoms with E-state index in [1.165, 1.54) is 0 Å². The molecular formula is C22H28N4O3. The second kappa shape index (κ2) is 10.5. The summed E-state index contributed by atoms with van der Waals surface area (Å²) in [6.07, 6.45) is 4.49. The highest BCUT2D eigenvalue weighted by Crippen LogP contribution is 2.25. The van der Waals surface area contributed by atoms with Crippen molar-refractivity contribution in [1.82, 2.24) is 10.3 Å². The number of urea groups is 1. The first kappa shape index (κ1) is 20.6. The molecule has 3 rings (SSSR count). The van der Waals surface area contributed by atoms with Crippen LogP contribution in [0.15, 0.2) is 48.7 Å². The van der Waals surface area contributed by atoms with Crippen molar-refractivity contribution in [1.29, 1.82) is 0 Å². The van der Waals surface area contributed by atoms with Gasteiger partial charge in [0.15, 0.2) is 5.82 Å². The maximum Gasteiger partial charge on any atom is 0.319 e. The average molecular weight is 396 g/mol. The Bertz CT molecular complexity index is 807. The summed E-state index contributed by atoms with van der Waals surface area (Å²) in [5.74, 6) is 0.0252. The van der Waals surface area contributed by atoms with E-state index in [-0.39, 0.29) is 18.5 Å². The van der Waals surface area contributed by atoms with Gasteiger partial charge in [-0.3, -0.25) is 4.79 Å². The Morgan fingerprint density at radius 2 is 1.90 bits per heavy atom. The quantitative estimate of drug-likeness (QED) is 0.670. The molecule has 29 heavy (non-hydrogen) atoms. The van der Waals surface area contributed by atoms with Crippen LogP contribution in [0.5, 0.6) is 0 Å². The zero-order chi connectivity index (χ0) is 20.5. The number of nitrogens with zero attached hydrogens (tertiary/aromatic N) is 2. The number of benzene rings is 1. The van der Waals surface area contributed by atoms with Crippen molar-refractivity contribution in [2.75, 3.05) is 36.5 Å². The normalized spacial score (nSPS) is 14.3. The van der Waals surface area contributed by atoms with Gasteiger partial charge in [-0.15, -0.1) is 0 Å². The van der Waals surface area contributed by atoms with Gasteiger partial charge in [-0.25, -0.2) is 9.78 Å². The number of aromatic nitrogens is 1. The maximum atomic E-state index is 12.5.